The fourth-order valence-corrected chi connectivity index (χ4v) is 5.31. The molecule has 0 aliphatic carbocycles. The highest BCUT2D eigenvalue weighted by Gasteiger charge is 2.30. The molecule has 3 amide bonds. The van der Waals surface area contributed by atoms with E-state index in [1.807, 2.05) is 37.3 Å². The minimum atomic E-state index is -0.354. The van der Waals surface area contributed by atoms with Gasteiger partial charge in [-0.3, -0.25) is 9.59 Å². The number of carbonyl (C=O) groups excluding carboxylic acids is 3. The molecule has 0 bridgehead atoms. The summed E-state index contributed by atoms with van der Waals surface area (Å²) in [7, 11) is 3.29. The highest BCUT2D eigenvalue weighted by atomic mass is 32.2. The van der Waals surface area contributed by atoms with Crippen LogP contribution in [-0.2, 0) is 9.53 Å². The Morgan fingerprint density at radius 2 is 1.70 bits per heavy atom. The second-order valence-electron chi connectivity index (χ2n) is 8.48. The van der Waals surface area contributed by atoms with Crippen molar-refractivity contribution in [3.05, 3.63) is 52.4 Å². The van der Waals surface area contributed by atoms with Gasteiger partial charge in [0.15, 0.2) is 11.5 Å². The molecule has 196 valence electrons. The lowest BCUT2D eigenvalue weighted by atomic mass is 10.1. The molecule has 2 aliphatic rings. The fraction of sp³-hybridized carbons (Fsp3) is 0.370. The van der Waals surface area contributed by atoms with Crippen LogP contribution in [0.4, 0.5) is 10.5 Å². The van der Waals surface area contributed by atoms with Crippen LogP contribution in [0.15, 0.2) is 46.2 Å². The molecule has 2 aromatic rings. The van der Waals surface area contributed by atoms with E-state index in [9.17, 15) is 14.4 Å². The molecular weight excluding hydrogens is 494 g/mol. The Kier molecular flexibility index (Phi) is 8.27. The average molecular weight is 526 g/mol. The summed E-state index contributed by atoms with van der Waals surface area (Å²) in [5.41, 5.74) is 2.02. The van der Waals surface area contributed by atoms with Gasteiger partial charge in [0.05, 0.1) is 30.9 Å². The number of anilines is 1. The van der Waals surface area contributed by atoms with E-state index in [0.29, 0.717) is 67.0 Å². The Labute approximate surface area is 220 Å². The van der Waals surface area contributed by atoms with Crippen LogP contribution in [0.1, 0.15) is 29.8 Å². The number of thioether (sulfide) groups is 1. The average Bonchev–Trinajstić information content (AvgIpc) is 2.92. The number of amides is 3. The lowest BCUT2D eigenvalue weighted by Gasteiger charge is -2.34. The van der Waals surface area contributed by atoms with Crippen LogP contribution in [0.5, 0.6) is 11.5 Å². The summed E-state index contributed by atoms with van der Waals surface area (Å²) < 4.78 is 16.1. The SMILES string of the molecule is CCOC(=O)N1CCN(C(=O)c2ccc3c(c2)N(C)C(=O)/C(=C\c2ccc(OCC)c(OC)c2)S3)CC1. The van der Waals surface area contributed by atoms with Gasteiger partial charge in [0.2, 0.25) is 0 Å². The molecule has 1 fully saturated rings. The molecular formula is C27H31N3O6S. The van der Waals surface area contributed by atoms with Crippen molar-refractivity contribution in [2.24, 2.45) is 0 Å². The van der Waals surface area contributed by atoms with Gasteiger partial charge in [0, 0.05) is 43.7 Å². The van der Waals surface area contributed by atoms with Crippen LogP contribution >= 0.6 is 11.8 Å². The maximum Gasteiger partial charge on any atom is 0.409 e. The predicted octanol–water partition coefficient (Wildman–Crippen LogP) is 4.12. The monoisotopic (exact) mass is 525 g/mol. The van der Waals surface area contributed by atoms with Gasteiger partial charge in [-0.2, -0.15) is 0 Å². The molecule has 0 aromatic heterocycles. The first-order valence-corrected chi connectivity index (χ1v) is 13.0. The van der Waals surface area contributed by atoms with Crippen molar-refractivity contribution in [3.8, 4) is 11.5 Å². The molecule has 10 heteroatoms. The van der Waals surface area contributed by atoms with Crippen molar-refractivity contribution in [1.29, 1.82) is 0 Å². The summed E-state index contributed by atoms with van der Waals surface area (Å²) in [6.07, 6.45) is 1.47. The number of piperazine rings is 1. The standard InChI is InChI=1S/C27H31N3O6S/c1-5-35-21-9-7-18(15-22(21)34-4)16-24-26(32)28(3)20-17-19(8-10-23(20)37-24)25(31)29-11-13-30(14-12-29)27(33)36-6-2/h7-10,15-17H,5-6,11-14H2,1-4H3/b24-16+. The number of hydrogen-bond acceptors (Lipinski definition) is 7. The van der Waals surface area contributed by atoms with Crippen LogP contribution in [0, 0.1) is 0 Å². The fourth-order valence-electron chi connectivity index (χ4n) is 4.22. The first kappa shape index (κ1) is 26.4. The van der Waals surface area contributed by atoms with Gasteiger partial charge in [-0.25, -0.2) is 4.79 Å². The van der Waals surface area contributed by atoms with Crippen molar-refractivity contribution in [2.75, 3.05) is 58.5 Å². The third-order valence-electron chi connectivity index (χ3n) is 6.18. The van der Waals surface area contributed by atoms with Crippen molar-refractivity contribution in [2.45, 2.75) is 18.7 Å². The third-order valence-corrected chi connectivity index (χ3v) is 7.26. The molecule has 4 rings (SSSR count). The molecule has 2 aromatic carbocycles. The lowest BCUT2D eigenvalue weighted by molar-refractivity contribution is -0.114. The van der Waals surface area contributed by atoms with Gasteiger partial charge in [-0.15, -0.1) is 0 Å². The first-order valence-electron chi connectivity index (χ1n) is 12.2. The van der Waals surface area contributed by atoms with Gasteiger partial charge < -0.3 is 28.9 Å². The maximum atomic E-state index is 13.2. The predicted molar refractivity (Wildman–Crippen MR) is 142 cm³/mol. The number of likely N-dealkylation sites (N-methyl/N-ethyl adjacent to an activating group) is 1. The number of carbonyl (C=O) groups is 3. The topological polar surface area (TPSA) is 88.6 Å². The third kappa shape index (κ3) is 5.69. The minimum absolute atomic E-state index is 0.125. The molecule has 0 saturated carbocycles. The zero-order chi connectivity index (χ0) is 26.5. The summed E-state index contributed by atoms with van der Waals surface area (Å²) in [6.45, 7) is 6.23. The number of methoxy groups -OCH3 is 1. The Morgan fingerprint density at radius 1 is 0.973 bits per heavy atom. The van der Waals surface area contributed by atoms with E-state index in [0.717, 1.165) is 10.5 Å². The summed E-state index contributed by atoms with van der Waals surface area (Å²) in [4.78, 5) is 44.6. The van der Waals surface area contributed by atoms with Crippen molar-refractivity contribution in [3.63, 3.8) is 0 Å². The normalized spacial score (nSPS) is 16.5. The summed E-state index contributed by atoms with van der Waals surface area (Å²) in [5.74, 6) is 0.971. The number of rotatable bonds is 6. The van der Waals surface area contributed by atoms with E-state index in [4.69, 9.17) is 14.2 Å². The van der Waals surface area contributed by atoms with E-state index in [1.54, 1.807) is 47.9 Å². The number of ether oxygens (including phenoxy) is 3. The van der Waals surface area contributed by atoms with Gasteiger partial charge in [0.1, 0.15) is 0 Å². The molecule has 37 heavy (non-hydrogen) atoms. The summed E-state index contributed by atoms with van der Waals surface area (Å²) >= 11 is 1.37. The molecule has 0 unspecified atom stereocenters. The van der Waals surface area contributed by atoms with Gasteiger partial charge >= 0.3 is 6.09 Å². The maximum absolute atomic E-state index is 13.2. The van der Waals surface area contributed by atoms with Crippen LogP contribution in [0.2, 0.25) is 0 Å². The Balaban J connectivity index is 1.50. The number of hydrogen-bond donors (Lipinski definition) is 0. The molecule has 1 saturated heterocycles. The summed E-state index contributed by atoms with van der Waals surface area (Å²) in [6, 6.07) is 11.0. The van der Waals surface area contributed by atoms with E-state index < -0.39 is 0 Å². The second kappa shape index (κ2) is 11.6. The van der Waals surface area contributed by atoms with Gasteiger partial charge in [0.25, 0.3) is 11.8 Å². The van der Waals surface area contributed by atoms with Crippen LogP contribution < -0.4 is 14.4 Å². The molecule has 9 nitrogen and oxygen atoms in total. The zero-order valence-corrected chi connectivity index (χ0v) is 22.3. The van der Waals surface area contributed by atoms with E-state index in [-0.39, 0.29) is 17.9 Å². The van der Waals surface area contributed by atoms with Crippen molar-refractivity contribution >= 4 is 41.4 Å². The van der Waals surface area contributed by atoms with Gasteiger partial charge in [-0.05, 0) is 55.8 Å². The molecule has 2 aliphatic heterocycles. The quantitative estimate of drug-likeness (QED) is 0.524. The van der Waals surface area contributed by atoms with Crippen LogP contribution in [-0.4, -0.2) is 81.3 Å². The smallest absolute Gasteiger partial charge is 0.409 e. The molecule has 0 atom stereocenters. The number of benzene rings is 2. The van der Waals surface area contributed by atoms with Crippen LogP contribution in [0.25, 0.3) is 6.08 Å². The van der Waals surface area contributed by atoms with E-state index in [2.05, 4.69) is 0 Å². The van der Waals surface area contributed by atoms with E-state index in [1.165, 1.54) is 11.8 Å². The summed E-state index contributed by atoms with van der Waals surface area (Å²) in [5, 5.41) is 0. The highest BCUT2D eigenvalue weighted by molar-refractivity contribution is 8.04. The molecule has 0 N–H and O–H groups in total. The number of nitrogens with zero attached hydrogens (tertiary/aromatic N) is 3. The van der Waals surface area contributed by atoms with Crippen molar-refractivity contribution in [1.82, 2.24) is 9.80 Å². The Bertz CT molecular complexity index is 1220. The zero-order valence-electron chi connectivity index (χ0n) is 21.5. The van der Waals surface area contributed by atoms with E-state index >= 15 is 0 Å². The first-order chi connectivity index (χ1) is 17.9. The molecule has 2 heterocycles. The minimum Gasteiger partial charge on any atom is -0.493 e. The van der Waals surface area contributed by atoms with Crippen molar-refractivity contribution < 1.29 is 28.6 Å². The number of fused-ring (bicyclic) bond motifs is 1. The largest absolute Gasteiger partial charge is 0.493 e. The Hall–Kier alpha value is -3.66. The Morgan fingerprint density at radius 3 is 2.38 bits per heavy atom. The molecule has 0 spiro atoms. The second-order valence-corrected chi connectivity index (χ2v) is 9.56. The van der Waals surface area contributed by atoms with Gasteiger partial charge in [-0.1, -0.05) is 17.8 Å². The highest BCUT2D eigenvalue weighted by Crippen LogP contribution is 2.42. The lowest BCUT2D eigenvalue weighted by Crippen LogP contribution is -2.50. The van der Waals surface area contributed by atoms with Crippen LogP contribution in [0.3, 0.4) is 0 Å². The molecule has 0 radical (unpaired) electrons.